The normalized spacial score (nSPS) is 23.4. The number of thioether (sulfide) groups is 1. The molecule has 1 fully saturated rings. The first-order chi connectivity index (χ1) is 9.06. The van der Waals surface area contributed by atoms with E-state index in [-0.39, 0.29) is 11.3 Å². The highest BCUT2D eigenvalue weighted by Crippen LogP contribution is 2.33. The molecule has 2 N–H and O–H groups in total. The molecule has 104 valence electrons. The van der Waals surface area contributed by atoms with Gasteiger partial charge in [-0.1, -0.05) is 31.9 Å². The van der Waals surface area contributed by atoms with Crippen LogP contribution < -0.4 is 5.46 Å². The first kappa shape index (κ1) is 14.9. The van der Waals surface area contributed by atoms with Gasteiger partial charge in [-0.15, -0.1) is 0 Å². The number of hydrogen-bond donors (Lipinski definition) is 2. The van der Waals surface area contributed by atoms with Crippen molar-refractivity contribution >= 4 is 24.3 Å². The Kier molecular flexibility index (Phi) is 5.31. The first-order valence-electron chi connectivity index (χ1n) is 6.82. The second-order valence-electron chi connectivity index (χ2n) is 5.43. The molecule has 1 aromatic carbocycles. The van der Waals surface area contributed by atoms with Crippen LogP contribution in [0.25, 0.3) is 0 Å². The van der Waals surface area contributed by atoms with Crippen molar-refractivity contribution in [1.29, 1.82) is 0 Å². The third-order valence-corrected chi connectivity index (χ3v) is 5.12. The molecule has 1 aliphatic carbocycles. The molecule has 1 aliphatic rings. The number of hydrogen-bond acceptors (Lipinski definition) is 3. The van der Waals surface area contributed by atoms with Crippen LogP contribution in [0, 0.1) is 11.7 Å². The number of halogens is 1. The molecule has 1 aromatic rings. The second-order valence-corrected chi connectivity index (χ2v) is 6.72. The van der Waals surface area contributed by atoms with Crippen molar-refractivity contribution in [3.63, 3.8) is 0 Å². The highest BCUT2D eigenvalue weighted by atomic mass is 32.2. The summed E-state index contributed by atoms with van der Waals surface area (Å²) in [6.07, 6.45) is 5.04. The van der Waals surface area contributed by atoms with Crippen molar-refractivity contribution in [1.82, 2.24) is 0 Å². The summed E-state index contributed by atoms with van der Waals surface area (Å²) >= 11 is 1.82. The van der Waals surface area contributed by atoms with Crippen LogP contribution in [0.15, 0.2) is 18.2 Å². The Balaban J connectivity index is 1.92. The Bertz CT molecular complexity index is 428. The van der Waals surface area contributed by atoms with E-state index in [0.717, 1.165) is 5.92 Å². The third-order valence-electron chi connectivity index (χ3n) is 3.74. The standard InChI is InChI=1S/C14H20BFO2S/c1-10-3-2-4-13(7-10)19-9-11-5-6-12(15(17)18)8-14(11)16/h5-6,8,10,13,17-18H,2-4,7,9H2,1H3. The van der Waals surface area contributed by atoms with Crippen LogP contribution in [0.4, 0.5) is 4.39 Å². The smallest absolute Gasteiger partial charge is 0.423 e. The van der Waals surface area contributed by atoms with E-state index in [1.165, 1.54) is 31.7 Å². The largest absolute Gasteiger partial charge is 0.488 e. The average Bonchev–Trinajstić information content (AvgIpc) is 2.37. The molecule has 0 heterocycles. The van der Waals surface area contributed by atoms with E-state index in [0.29, 0.717) is 16.6 Å². The minimum Gasteiger partial charge on any atom is -0.423 e. The Morgan fingerprint density at radius 2 is 2.16 bits per heavy atom. The maximum atomic E-state index is 13.8. The van der Waals surface area contributed by atoms with Crippen molar-refractivity contribution in [3.05, 3.63) is 29.6 Å². The van der Waals surface area contributed by atoms with Gasteiger partial charge in [-0.25, -0.2) is 4.39 Å². The minimum absolute atomic E-state index is 0.206. The van der Waals surface area contributed by atoms with Crippen molar-refractivity contribution in [3.8, 4) is 0 Å². The van der Waals surface area contributed by atoms with Gasteiger partial charge in [-0.05, 0) is 35.9 Å². The van der Waals surface area contributed by atoms with E-state index in [1.807, 2.05) is 11.8 Å². The SMILES string of the molecule is CC1CCCC(SCc2ccc(B(O)O)cc2F)C1. The minimum atomic E-state index is -1.60. The van der Waals surface area contributed by atoms with Gasteiger partial charge in [0.25, 0.3) is 0 Å². The van der Waals surface area contributed by atoms with E-state index in [9.17, 15) is 4.39 Å². The van der Waals surface area contributed by atoms with Crippen LogP contribution in [-0.4, -0.2) is 22.4 Å². The van der Waals surface area contributed by atoms with Gasteiger partial charge in [-0.3, -0.25) is 0 Å². The Labute approximate surface area is 118 Å². The van der Waals surface area contributed by atoms with Crippen molar-refractivity contribution in [2.45, 2.75) is 43.6 Å². The third kappa shape index (κ3) is 4.23. The zero-order chi connectivity index (χ0) is 13.8. The summed E-state index contributed by atoms with van der Waals surface area (Å²) in [6.45, 7) is 2.28. The predicted molar refractivity (Wildman–Crippen MR) is 78.9 cm³/mol. The number of benzene rings is 1. The maximum Gasteiger partial charge on any atom is 0.488 e. The summed E-state index contributed by atoms with van der Waals surface area (Å²) in [5.74, 6) is 1.09. The lowest BCUT2D eigenvalue weighted by Gasteiger charge is -2.26. The van der Waals surface area contributed by atoms with E-state index in [4.69, 9.17) is 10.0 Å². The molecule has 0 saturated heterocycles. The van der Waals surface area contributed by atoms with Crippen molar-refractivity contribution in [2.24, 2.45) is 5.92 Å². The molecule has 19 heavy (non-hydrogen) atoms. The van der Waals surface area contributed by atoms with Crippen LogP contribution in [-0.2, 0) is 5.75 Å². The summed E-state index contributed by atoms with van der Waals surface area (Å²) in [7, 11) is -1.60. The monoisotopic (exact) mass is 282 g/mol. The van der Waals surface area contributed by atoms with Gasteiger partial charge in [0.05, 0.1) is 0 Å². The summed E-state index contributed by atoms with van der Waals surface area (Å²) in [5.41, 5.74) is 0.852. The molecule has 0 aliphatic heterocycles. The van der Waals surface area contributed by atoms with Gasteiger partial charge in [0.2, 0.25) is 0 Å². The molecule has 5 heteroatoms. The second kappa shape index (κ2) is 6.77. The van der Waals surface area contributed by atoms with Crippen molar-refractivity contribution in [2.75, 3.05) is 0 Å². The molecule has 0 bridgehead atoms. The first-order valence-corrected chi connectivity index (χ1v) is 7.87. The van der Waals surface area contributed by atoms with Gasteiger partial charge in [0.15, 0.2) is 0 Å². The van der Waals surface area contributed by atoms with Gasteiger partial charge >= 0.3 is 7.12 Å². The molecule has 2 nitrogen and oxygen atoms in total. The molecule has 1 saturated carbocycles. The molecule has 0 amide bonds. The van der Waals surface area contributed by atoms with Crippen LogP contribution in [0.5, 0.6) is 0 Å². The summed E-state index contributed by atoms with van der Waals surface area (Å²) < 4.78 is 13.8. The van der Waals surface area contributed by atoms with Gasteiger partial charge in [0, 0.05) is 11.0 Å². The fraction of sp³-hybridized carbons (Fsp3) is 0.571. The van der Waals surface area contributed by atoms with E-state index < -0.39 is 7.12 Å². The average molecular weight is 282 g/mol. The topological polar surface area (TPSA) is 40.5 Å². The molecule has 0 radical (unpaired) electrons. The molecule has 2 atom stereocenters. The van der Waals surface area contributed by atoms with Crippen LogP contribution in [0.3, 0.4) is 0 Å². The fourth-order valence-corrected chi connectivity index (χ4v) is 4.03. The summed E-state index contributed by atoms with van der Waals surface area (Å²) in [5, 5.41) is 18.6. The number of rotatable bonds is 4. The molecule has 2 unspecified atom stereocenters. The molecular formula is C14H20BFO2S. The Morgan fingerprint density at radius 3 is 2.79 bits per heavy atom. The van der Waals surface area contributed by atoms with Crippen LogP contribution in [0.1, 0.15) is 38.2 Å². The zero-order valence-corrected chi connectivity index (χ0v) is 12.0. The highest BCUT2D eigenvalue weighted by molar-refractivity contribution is 7.99. The van der Waals surface area contributed by atoms with Gasteiger partial charge < -0.3 is 10.0 Å². The quantitative estimate of drug-likeness (QED) is 0.833. The summed E-state index contributed by atoms with van der Waals surface area (Å²) in [6, 6.07) is 4.44. The zero-order valence-electron chi connectivity index (χ0n) is 11.2. The lowest BCUT2D eigenvalue weighted by molar-refractivity contribution is 0.394. The molecule has 2 rings (SSSR count). The highest BCUT2D eigenvalue weighted by Gasteiger charge is 2.20. The van der Waals surface area contributed by atoms with E-state index >= 15 is 0 Å². The lowest BCUT2D eigenvalue weighted by Crippen LogP contribution is -2.30. The van der Waals surface area contributed by atoms with Gasteiger partial charge in [0.1, 0.15) is 5.82 Å². The van der Waals surface area contributed by atoms with Crippen LogP contribution in [0.2, 0.25) is 0 Å². The molecule has 0 aromatic heterocycles. The van der Waals surface area contributed by atoms with Gasteiger partial charge in [-0.2, -0.15) is 11.8 Å². The Hall–Kier alpha value is -0.515. The predicted octanol–water partition coefficient (Wildman–Crippen LogP) is 2.32. The van der Waals surface area contributed by atoms with E-state index in [2.05, 4.69) is 6.92 Å². The Morgan fingerprint density at radius 1 is 1.37 bits per heavy atom. The van der Waals surface area contributed by atoms with Crippen LogP contribution >= 0.6 is 11.8 Å². The summed E-state index contributed by atoms with van der Waals surface area (Å²) in [4.78, 5) is 0. The lowest BCUT2D eigenvalue weighted by atomic mass is 9.80. The van der Waals surface area contributed by atoms with Crippen molar-refractivity contribution < 1.29 is 14.4 Å². The van der Waals surface area contributed by atoms with E-state index in [1.54, 1.807) is 12.1 Å². The molecule has 0 spiro atoms. The molecular weight excluding hydrogens is 262 g/mol. The maximum absolute atomic E-state index is 13.8. The fourth-order valence-electron chi connectivity index (χ4n) is 2.58.